The number of benzene rings is 1. The van der Waals surface area contributed by atoms with E-state index >= 15 is 0 Å². The first-order valence-corrected chi connectivity index (χ1v) is 13.1. The van der Waals surface area contributed by atoms with Gasteiger partial charge in [0.05, 0.1) is 15.4 Å². The van der Waals surface area contributed by atoms with Gasteiger partial charge in [-0.2, -0.15) is 0 Å². The predicted molar refractivity (Wildman–Crippen MR) is 136 cm³/mol. The lowest BCUT2D eigenvalue weighted by Gasteiger charge is -2.41. The number of pyridine rings is 1. The van der Waals surface area contributed by atoms with E-state index in [1.54, 1.807) is 11.8 Å². The molecule has 1 aliphatic heterocycles. The first-order chi connectivity index (χ1) is 16.2. The van der Waals surface area contributed by atoms with E-state index in [0.29, 0.717) is 18.0 Å². The Balaban J connectivity index is 1.09. The van der Waals surface area contributed by atoms with Crippen molar-refractivity contribution < 1.29 is 4.79 Å². The van der Waals surface area contributed by atoms with Crippen molar-refractivity contribution in [1.29, 1.82) is 0 Å². The van der Waals surface area contributed by atoms with Crippen molar-refractivity contribution in [1.82, 2.24) is 15.2 Å². The molecule has 1 saturated carbocycles. The molecule has 1 aromatic carbocycles. The minimum Gasteiger partial charge on any atom is -0.349 e. The molecule has 33 heavy (non-hydrogen) atoms. The zero-order valence-corrected chi connectivity index (χ0v) is 20.2. The standard InChI is InChI=1S/C28H33N3OS/c1-20-6-2-3-7-24(20)21-15-18-31(19-16-21)23-11-9-22(10-12-23)30-28(32)27-14-13-26(33-27)25-8-4-5-17-29-25/h2-8,13-14,17,21-23H,9-12,15-16,18-19H2,1H3,(H,30,32). The minimum absolute atomic E-state index is 0.0599. The lowest BCUT2D eigenvalue weighted by molar-refractivity contribution is 0.0882. The maximum atomic E-state index is 12.8. The molecule has 1 N–H and O–H groups in total. The number of nitrogens with one attached hydrogen (secondary N) is 1. The topological polar surface area (TPSA) is 45.2 Å². The molecule has 0 atom stereocenters. The number of rotatable bonds is 5. The molecule has 1 aliphatic carbocycles. The normalized spacial score (nSPS) is 22.2. The summed E-state index contributed by atoms with van der Waals surface area (Å²) in [6.07, 6.45) is 8.84. The first kappa shape index (κ1) is 22.3. The Hall–Kier alpha value is -2.50. The smallest absolute Gasteiger partial charge is 0.261 e. The largest absolute Gasteiger partial charge is 0.349 e. The number of thiophene rings is 1. The molecule has 2 aliphatic rings. The van der Waals surface area contributed by atoms with Crippen molar-refractivity contribution in [3.8, 4) is 10.6 Å². The Morgan fingerprint density at radius 2 is 1.70 bits per heavy atom. The summed E-state index contributed by atoms with van der Waals surface area (Å²) in [5, 5.41) is 3.29. The van der Waals surface area contributed by atoms with Gasteiger partial charge in [-0.15, -0.1) is 11.3 Å². The Labute approximate surface area is 201 Å². The second kappa shape index (κ2) is 10.2. The number of piperidine rings is 1. The van der Waals surface area contributed by atoms with Gasteiger partial charge in [0.1, 0.15) is 0 Å². The van der Waals surface area contributed by atoms with Crippen LogP contribution in [0.15, 0.2) is 60.8 Å². The quantitative estimate of drug-likeness (QED) is 0.506. The average molecular weight is 460 g/mol. The van der Waals surface area contributed by atoms with Crippen LogP contribution in [0.4, 0.5) is 0 Å². The molecule has 0 spiro atoms. The number of hydrogen-bond donors (Lipinski definition) is 1. The Morgan fingerprint density at radius 1 is 0.939 bits per heavy atom. The molecule has 0 radical (unpaired) electrons. The van der Waals surface area contributed by atoms with Gasteiger partial charge < -0.3 is 10.2 Å². The summed E-state index contributed by atoms with van der Waals surface area (Å²) in [6, 6.07) is 19.6. The van der Waals surface area contributed by atoms with Crippen LogP contribution in [0.5, 0.6) is 0 Å². The van der Waals surface area contributed by atoms with Crippen LogP contribution in [-0.2, 0) is 0 Å². The molecule has 1 saturated heterocycles. The highest BCUT2D eigenvalue weighted by Crippen LogP contribution is 2.33. The van der Waals surface area contributed by atoms with E-state index in [1.165, 1.54) is 55.7 Å². The van der Waals surface area contributed by atoms with Crippen LogP contribution in [-0.4, -0.2) is 41.0 Å². The summed E-state index contributed by atoms with van der Waals surface area (Å²) in [7, 11) is 0. The number of carbonyl (C=O) groups is 1. The highest BCUT2D eigenvalue weighted by Gasteiger charge is 2.30. The van der Waals surface area contributed by atoms with Crippen LogP contribution in [0.2, 0.25) is 0 Å². The van der Waals surface area contributed by atoms with Crippen molar-refractivity contribution in [3.05, 3.63) is 76.8 Å². The maximum absolute atomic E-state index is 12.8. The zero-order chi connectivity index (χ0) is 22.6. The zero-order valence-electron chi connectivity index (χ0n) is 19.4. The fraction of sp³-hybridized carbons (Fsp3) is 0.429. The third-order valence-electron chi connectivity index (χ3n) is 7.45. The number of carbonyl (C=O) groups excluding carboxylic acids is 1. The molecule has 172 valence electrons. The molecular weight excluding hydrogens is 426 g/mol. The van der Waals surface area contributed by atoms with E-state index in [4.69, 9.17) is 0 Å². The number of aromatic nitrogens is 1. The van der Waals surface area contributed by atoms with E-state index in [1.807, 2.05) is 30.3 Å². The van der Waals surface area contributed by atoms with Crippen LogP contribution in [0.25, 0.3) is 10.6 Å². The van der Waals surface area contributed by atoms with E-state index in [2.05, 4.69) is 46.4 Å². The van der Waals surface area contributed by atoms with Crippen molar-refractivity contribution in [2.75, 3.05) is 13.1 Å². The number of aryl methyl sites for hydroxylation is 1. The monoisotopic (exact) mass is 459 g/mol. The summed E-state index contributed by atoms with van der Waals surface area (Å²) < 4.78 is 0. The van der Waals surface area contributed by atoms with Crippen molar-refractivity contribution in [2.24, 2.45) is 0 Å². The predicted octanol–water partition coefficient (Wildman–Crippen LogP) is 6.04. The highest BCUT2D eigenvalue weighted by molar-refractivity contribution is 7.17. The van der Waals surface area contributed by atoms with Gasteiger partial charge in [-0.25, -0.2) is 0 Å². The molecule has 5 rings (SSSR count). The van der Waals surface area contributed by atoms with Crippen LogP contribution in [0.3, 0.4) is 0 Å². The first-order valence-electron chi connectivity index (χ1n) is 12.3. The second-order valence-electron chi connectivity index (χ2n) is 9.52. The van der Waals surface area contributed by atoms with Crippen LogP contribution in [0.1, 0.15) is 65.2 Å². The van der Waals surface area contributed by atoms with Gasteiger partial charge >= 0.3 is 0 Å². The van der Waals surface area contributed by atoms with Gasteiger partial charge in [0.2, 0.25) is 0 Å². The van der Waals surface area contributed by atoms with E-state index < -0.39 is 0 Å². The lowest BCUT2D eigenvalue weighted by Crippen LogP contribution is -2.46. The molecule has 4 nitrogen and oxygen atoms in total. The van der Waals surface area contributed by atoms with Crippen molar-refractivity contribution >= 4 is 17.2 Å². The summed E-state index contributed by atoms with van der Waals surface area (Å²) in [4.78, 5) is 21.7. The average Bonchev–Trinajstić information content (AvgIpc) is 3.36. The number of amides is 1. The fourth-order valence-corrected chi connectivity index (χ4v) is 6.45. The number of likely N-dealkylation sites (tertiary alicyclic amines) is 1. The minimum atomic E-state index is 0.0599. The Kier molecular flexibility index (Phi) is 6.88. The van der Waals surface area contributed by atoms with Gasteiger partial charge in [0.15, 0.2) is 0 Å². The summed E-state index contributed by atoms with van der Waals surface area (Å²) in [5.74, 6) is 0.768. The number of nitrogens with zero attached hydrogens (tertiary/aromatic N) is 2. The number of hydrogen-bond acceptors (Lipinski definition) is 4. The third-order valence-corrected chi connectivity index (χ3v) is 8.56. The highest BCUT2D eigenvalue weighted by atomic mass is 32.1. The molecule has 3 aromatic rings. The van der Waals surface area contributed by atoms with Gasteiger partial charge in [-0.05, 0) is 99.8 Å². The van der Waals surface area contributed by atoms with E-state index in [0.717, 1.165) is 28.3 Å². The van der Waals surface area contributed by atoms with Crippen molar-refractivity contribution in [2.45, 2.75) is 63.5 Å². The van der Waals surface area contributed by atoms with Gasteiger partial charge in [-0.1, -0.05) is 30.3 Å². The molecule has 0 unspecified atom stereocenters. The van der Waals surface area contributed by atoms with Crippen molar-refractivity contribution in [3.63, 3.8) is 0 Å². The fourth-order valence-electron chi connectivity index (χ4n) is 5.57. The summed E-state index contributed by atoms with van der Waals surface area (Å²) >= 11 is 1.52. The molecule has 0 bridgehead atoms. The van der Waals surface area contributed by atoms with E-state index in [-0.39, 0.29) is 5.91 Å². The molecular formula is C28H33N3OS. The Bertz CT molecular complexity index is 1060. The SMILES string of the molecule is Cc1ccccc1C1CCN(C2CCC(NC(=O)c3ccc(-c4ccccn4)s3)CC2)CC1. The Morgan fingerprint density at radius 3 is 2.42 bits per heavy atom. The molecule has 3 heterocycles. The summed E-state index contributed by atoms with van der Waals surface area (Å²) in [5.41, 5.74) is 3.90. The van der Waals surface area contributed by atoms with Crippen LogP contribution in [0, 0.1) is 6.92 Å². The van der Waals surface area contributed by atoms with Crippen LogP contribution < -0.4 is 5.32 Å². The molecule has 2 aromatic heterocycles. The maximum Gasteiger partial charge on any atom is 0.261 e. The molecule has 1 amide bonds. The third kappa shape index (κ3) is 5.20. The molecule has 5 heteroatoms. The van der Waals surface area contributed by atoms with Gasteiger partial charge in [0, 0.05) is 18.3 Å². The van der Waals surface area contributed by atoms with Crippen LogP contribution >= 0.6 is 11.3 Å². The summed E-state index contributed by atoms with van der Waals surface area (Å²) in [6.45, 7) is 4.64. The van der Waals surface area contributed by atoms with Gasteiger partial charge in [-0.3, -0.25) is 9.78 Å². The second-order valence-corrected chi connectivity index (χ2v) is 10.6. The molecule has 2 fully saturated rings. The van der Waals surface area contributed by atoms with Gasteiger partial charge in [0.25, 0.3) is 5.91 Å². The lowest BCUT2D eigenvalue weighted by atomic mass is 9.84. The van der Waals surface area contributed by atoms with E-state index in [9.17, 15) is 4.79 Å².